The molecule has 0 bridgehead atoms. The van der Waals surface area contributed by atoms with Crippen LogP contribution >= 0.6 is 0 Å². The first kappa shape index (κ1) is 22.4. The lowest BCUT2D eigenvalue weighted by atomic mass is 10.0. The maximum Gasteiger partial charge on any atom is 0.256 e. The molecule has 10 nitrogen and oxygen atoms in total. The molecule has 0 unspecified atom stereocenters. The summed E-state index contributed by atoms with van der Waals surface area (Å²) >= 11 is 0. The number of pyridine rings is 2. The number of aromatic nitrogens is 4. The van der Waals surface area contributed by atoms with Crippen LogP contribution in [0.1, 0.15) is 48.8 Å². The van der Waals surface area contributed by atoms with Gasteiger partial charge in [0.25, 0.3) is 11.8 Å². The monoisotopic (exact) mass is 454 g/mol. The number of aryl methyl sites for hydroxylation is 2. The van der Waals surface area contributed by atoms with Gasteiger partial charge in [0, 0.05) is 30.0 Å². The summed E-state index contributed by atoms with van der Waals surface area (Å²) in [4.78, 5) is 33.3. The van der Waals surface area contributed by atoms with Crippen LogP contribution in [0.4, 0.5) is 5.82 Å². The molecule has 0 saturated heterocycles. The van der Waals surface area contributed by atoms with E-state index in [1.54, 1.807) is 31.3 Å². The third kappa shape index (κ3) is 4.54. The zero-order chi connectivity index (χ0) is 24.4. The van der Waals surface area contributed by atoms with E-state index in [9.17, 15) is 14.9 Å². The number of nitrogens with one attached hydrogen (secondary N) is 1. The third-order valence-electron chi connectivity index (χ3n) is 5.36. The first-order valence-corrected chi connectivity index (χ1v) is 10.4. The van der Waals surface area contributed by atoms with Crippen molar-refractivity contribution < 1.29 is 9.59 Å². The van der Waals surface area contributed by atoms with Gasteiger partial charge in [-0.3, -0.25) is 19.3 Å². The lowest BCUT2D eigenvalue weighted by Crippen LogP contribution is -2.23. The van der Waals surface area contributed by atoms with Gasteiger partial charge >= 0.3 is 0 Å². The quantitative estimate of drug-likeness (QED) is 0.400. The third-order valence-corrected chi connectivity index (χ3v) is 5.36. The summed E-state index contributed by atoms with van der Waals surface area (Å²) < 4.78 is 1.48. The molecule has 0 atom stereocenters. The van der Waals surface area contributed by atoms with Crippen molar-refractivity contribution in [2.75, 3.05) is 5.73 Å². The van der Waals surface area contributed by atoms with Crippen LogP contribution in [0, 0.1) is 25.2 Å². The Morgan fingerprint density at radius 2 is 1.97 bits per heavy atom. The van der Waals surface area contributed by atoms with E-state index in [0.717, 1.165) is 22.1 Å². The van der Waals surface area contributed by atoms with Crippen molar-refractivity contribution in [1.29, 1.82) is 5.26 Å². The summed E-state index contributed by atoms with van der Waals surface area (Å²) in [5.74, 6) is -0.621. The second-order valence-electron chi connectivity index (χ2n) is 7.96. The topological polar surface area (TPSA) is 166 Å². The molecule has 0 spiro atoms. The number of nitrogen functional groups attached to an aromatic ring is 1. The number of amides is 2. The SMILES string of the molecule is Cc1cnc2c(C(N)=O)cc(Cn3cc(C(=O)NCc4ccc(N)nc4C)c(C#N)n3)cc2c1. The van der Waals surface area contributed by atoms with Gasteiger partial charge in [-0.15, -0.1) is 0 Å². The second-order valence-corrected chi connectivity index (χ2v) is 7.96. The Bertz CT molecular complexity index is 1480. The molecular weight excluding hydrogens is 432 g/mol. The van der Waals surface area contributed by atoms with Crippen LogP contribution < -0.4 is 16.8 Å². The molecule has 0 saturated carbocycles. The highest BCUT2D eigenvalue weighted by Crippen LogP contribution is 2.21. The summed E-state index contributed by atoms with van der Waals surface area (Å²) in [5.41, 5.74) is 15.4. The fraction of sp³-hybridized carbons (Fsp3) is 0.167. The average Bonchev–Trinajstić information content (AvgIpc) is 3.20. The first-order chi connectivity index (χ1) is 16.2. The molecule has 0 aliphatic rings. The Kier molecular flexibility index (Phi) is 5.93. The summed E-state index contributed by atoms with van der Waals surface area (Å²) in [6.45, 7) is 4.17. The number of rotatable bonds is 6. The van der Waals surface area contributed by atoms with E-state index in [1.807, 2.05) is 25.1 Å². The standard InChI is InChI=1S/C24H22N8O2/c1-13-5-17-6-15(7-18(23(27)33)22(17)28-9-13)11-32-12-19(20(8-25)31-32)24(34)29-10-16-3-4-21(26)30-14(16)2/h3-7,9,12H,10-11H2,1-2H3,(H2,26,30)(H2,27,33)(H,29,34). The van der Waals surface area contributed by atoms with Crippen molar-refractivity contribution >= 4 is 28.5 Å². The van der Waals surface area contributed by atoms with Crippen LogP contribution in [0.3, 0.4) is 0 Å². The van der Waals surface area contributed by atoms with Crippen molar-refractivity contribution in [1.82, 2.24) is 25.1 Å². The normalized spacial score (nSPS) is 10.7. The Morgan fingerprint density at radius 1 is 1.18 bits per heavy atom. The largest absolute Gasteiger partial charge is 0.384 e. The number of hydrogen-bond donors (Lipinski definition) is 3. The number of nitrogens with two attached hydrogens (primary N) is 2. The highest BCUT2D eigenvalue weighted by Gasteiger charge is 2.18. The molecule has 3 aromatic heterocycles. The molecule has 1 aromatic carbocycles. The van der Waals surface area contributed by atoms with Gasteiger partial charge in [0.1, 0.15) is 11.9 Å². The smallest absolute Gasteiger partial charge is 0.256 e. The highest BCUT2D eigenvalue weighted by atomic mass is 16.2. The van der Waals surface area contributed by atoms with Gasteiger partial charge in [-0.05, 0) is 54.8 Å². The molecule has 4 aromatic rings. The summed E-state index contributed by atoms with van der Waals surface area (Å²) in [7, 11) is 0. The average molecular weight is 454 g/mol. The van der Waals surface area contributed by atoms with Gasteiger partial charge in [-0.2, -0.15) is 10.4 Å². The summed E-state index contributed by atoms with van der Waals surface area (Å²) in [5, 5.41) is 17.3. The molecule has 0 aliphatic carbocycles. The minimum absolute atomic E-state index is 0.00178. The lowest BCUT2D eigenvalue weighted by Gasteiger charge is -2.09. The number of fused-ring (bicyclic) bond motifs is 1. The van der Waals surface area contributed by atoms with Gasteiger partial charge in [0.05, 0.1) is 23.2 Å². The minimum Gasteiger partial charge on any atom is -0.384 e. The number of primary amides is 1. The molecule has 4 rings (SSSR count). The number of nitrogens with zero attached hydrogens (tertiary/aromatic N) is 5. The Morgan fingerprint density at radius 3 is 2.68 bits per heavy atom. The molecule has 5 N–H and O–H groups in total. The molecule has 3 heterocycles. The van der Waals surface area contributed by atoms with Crippen LogP contribution in [-0.2, 0) is 13.1 Å². The zero-order valence-corrected chi connectivity index (χ0v) is 18.7. The molecule has 10 heteroatoms. The predicted octanol–water partition coefficient (Wildman–Crippen LogP) is 1.97. The van der Waals surface area contributed by atoms with Crippen LogP contribution in [0.2, 0.25) is 0 Å². The number of hydrogen-bond acceptors (Lipinski definition) is 7. The minimum atomic E-state index is -0.589. The van der Waals surface area contributed by atoms with Crippen LogP contribution in [0.5, 0.6) is 0 Å². The van der Waals surface area contributed by atoms with Gasteiger partial charge in [-0.25, -0.2) is 4.98 Å². The van der Waals surface area contributed by atoms with E-state index in [1.165, 1.54) is 10.9 Å². The van der Waals surface area contributed by atoms with Gasteiger partial charge in [0.2, 0.25) is 0 Å². The first-order valence-electron chi connectivity index (χ1n) is 10.4. The van der Waals surface area contributed by atoms with Crippen molar-refractivity contribution in [3.8, 4) is 6.07 Å². The van der Waals surface area contributed by atoms with E-state index in [2.05, 4.69) is 20.4 Å². The van der Waals surface area contributed by atoms with Gasteiger partial charge in [0.15, 0.2) is 5.69 Å². The predicted molar refractivity (Wildman–Crippen MR) is 126 cm³/mol. The lowest BCUT2D eigenvalue weighted by molar-refractivity contribution is 0.0949. The summed E-state index contributed by atoms with van der Waals surface area (Å²) in [6, 6.07) is 10.9. The Balaban J connectivity index is 1.59. The number of anilines is 1. The Hall–Kier alpha value is -4.78. The molecule has 2 amide bonds. The number of benzene rings is 1. The van der Waals surface area contributed by atoms with E-state index in [-0.39, 0.29) is 24.3 Å². The second kappa shape index (κ2) is 8.99. The fourth-order valence-corrected chi connectivity index (χ4v) is 3.71. The van der Waals surface area contributed by atoms with Crippen molar-refractivity contribution in [2.24, 2.45) is 5.73 Å². The van der Waals surface area contributed by atoms with E-state index >= 15 is 0 Å². The van der Waals surface area contributed by atoms with Gasteiger partial charge in [-0.1, -0.05) is 6.07 Å². The maximum atomic E-state index is 12.8. The van der Waals surface area contributed by atoms with Crippen molar-refractivity contribution in [2.45, 2.75) is 26.9 Å². The van der Waals surface area contributed by atoms with Gasteiger partial charge < -0.3 is 16.8 Å². The van der Waals surface area contributed by atoms with Crippen molar-refractivity contribution in [3.63, 3.8) is 0 Å². The van der Waals surface area contributed by atoms with Crippen LogP contribution in [0.25, 0.3) is 10.9 Å². The number of carbonyl (C=O) groups is 2. The number of nitriles is 1. The summed E-state index contributed by atoms with van der Waals surface area (Å²) in [6.07, 6.45) is 3.18. The molecular formula is C24H22N8O2. The van der Waals surface area contributed by atoms with Crippen LogP contribution in [-0.4, -0.2) is 31.6 Å². The molecule has 0 fully saturated rings. The van der Waals surface area contributed by atoms with Crippen LogP contribution in [0.15, 0.2) is 42.7 Å². The van der Waals surface area contributed by atoms with E-state index in [4.69, 9.17) is 11.5 Å². The Labute approximate surface area is 195 Å². The highest BCUT2D eigenvalue weighted by molar-refractivity contribution is 6.05. The molecule has 0 aliphatic heterocycles. The van der Waals surface area contributed by atoms with Crippen molar-refractivity contribution in [3.05, 3.63) is 81.9 Å². The number of carbonyl (C=O) groups excluding carboxylic acids is 2. The van der Waals surface area contributed by atoms with E-state index in [0.29, 0.717) is 22.6 Å². The molecule has 0 radical (unpaired) electrons. The molecule has 34 heavy (non-hydrogen) atoms. The maximum absolute atomic E-state index is 12.8. The fourth-order valence-electron chi connectivity index (χ4n) is 3.71. The van der Waals surface area contributed by atoms with E-state index < -0.39 is 11.8 Å². The molecule has 170 valence electrons. The zero-order valence-electron chi connectivity index (χ0n) is 18.7.